The van der Waals surface area contributed by atoms with E-state index in [-0.39, 0.29) is 5.91 Å². The highest BCUT2D eigenvalue weighted by Gasteiger charge is 2.25. The fraction of sp³-hybridized carbons (Fsp3) is 0.471. The third-order valence-electron chi connectivity index (χ3n) is 3.99. The summed E-state index contributed by atoms with van der Waals surface area (Å²) in [5.74, 6) is 6.37. The van der Waals surface area contributed by atoms with Crippen LogP contribution < -0.4 is 11.1 Å². The smallest absolute Gasteiger partial charge is 0.251 e. The molecule has 0 bridgehead atoms. The van der Waals surface area contributed by atoms with Crippen LogP contribution in [0.25, 0.3) is 0 Å². The number of hydrogen-bond donors (Lipinski definition) is 2. The van der Waals surface area contributed by atoms with Gasteiger partial charge < -0.3 is 11.1 Å². The van der Waals surface area contributed by atoms with Gasteiger partial charge >= 0.3 is 0 Å². The Morgan fingerprint density at radius 1 is 1.45 bits per heavy atom. The SMILES string of the molecule is Cc1ccc(C#CCN)cc1C(=O)NC1CCCC1C. The normalized spacial score (nSPS) is 21.1. The summed E-state index contributed by atoms with van der Waals surface area (Å²) in [6.45, 7) is 4.48. The topological polar surface area (TPSA) is 55.1 Å². The second kappa shape index (κ2) is 6.58. The van der Waals surface area contributed by atoms with Gasteiger partial charge in [-0.05, 0) is 43.4 Å². The van der Waals surface area contributed by atoms with E-state index >= 15 is 0 Å². The largest absolute Gasteiger partial charge is 0.349 e. The van der Waals surface area contributed by atoms with Crippen molar-refractivity contribution in [3.8, 4) is 11.8 Å². The molecular formula is C17H22N2O. The molecule has 2 rings (SSSR count). The van der Waals surface area contributed by atoms with Gasteiger partial charge in [0.2, 0.25) is 0 Å². The van der Waals surface area contributed by atoms with E-state index in [1.165, 1.54) is 12.8 Å². The first-order valence-corrected chi connectivity index (χ1v) is 7.22. The molecule has 3 N–H and O–H groups in total. The lowest BCUT2D eigenvalue weighted by atomic mass is 10.0. The molecule has 1 fully saturated rings. The predicted molar refractivity (Wildman–Crippen MR) is 81.4 cm³/mol. The highest BCUT2D eigenvalue weighted by Crippen LogP contribution is 2.25. The first-order chi connectivity index (χ1) is 9.61. The van der Waals surface area contributed by atoms with Gasteiger partial charge in [-0.2, -0.15) is 0 Å². The minimum absolute atomic E-state index is 0.0117. The Labute approximate surface area is 120 Å². The third-order valence-corrected chi connectivity index (χ3v) is 3.99. The number of carbonyl (C=O) groups is 1. The van der Waals surface area contributed by atoms with Gasteiger partial charge in [0.05, 0.1) is 6.54 Å². The molecular weight excluding hydrogens is 248 g/mol. The Balaban J connectivity index is 2.16. The second-order valence-electron chi connectivity index (χ2n) is 5.52. The molecule has 0 saturated heterocycles. The molecule has 1 aliphatic rings. The molecule has 0 aromatic heterocycles. The molecule has 1 aromatic carbocycles. The van der Waals surface area contributed by atoms with E-state index in [9.17, 15) is 4.79 Å². The van der Waals surface area contributed by atoms with Crippen molar-refractivity contribution in [2.45, 2.75) is 39.2 Å². The van der Waals surface area contributed by atoms with Crippen LogP contribution >= 0.6 is 0 Å². The van der Waals surface area contributed by atoms with Gasteiger partial charge in [0.1, 0.15) is 0 Å². The summed E-state index contributed by atoms with van der Waals surface area (Å²) in [6.07, 6.45) is 3.48. The van der Waals surface area contributed by atoms with E-state index in [1.807, 2.05) is 25.1 Å². The van der Waals surface area contributed by atoms with E-state index in [0.29, 0.717) is 24.1 Å². The second-order valence-corrected chi connectivity index (χ2v) is 5.52. The number of hydrogen-bond acceptors (Lipinski definition) is 2. The molecule has 2 unspecified atom stereocenters. The van der Waals surface area contributed by atoms with Crippen LogP contribution in [0.15, 0.2) is 18.2 Å². The lowest BCUT2D eigenvalue weighted by Crippen LogP contribution is -2.36. The average molecular weight is 270 g/mol. The molecule has 0 aliphatic heterocycles. The molecule has 0 spiro atoms. The maximum atomic E-state index is 12.4. The van der Waals surface area contributed by atoms with E-state index in [4.69, 9.17) is 5.73 Å². The van der Waals surface area contributed by atoms with Crippen LogP contribution in [0.5, 0.6) is 0 Å². The van der Waals surface area contributed by atoms with Crippen molar-refractivity contribution < 1.29 is 4.79 Å². The van der Waals surface area contributed by atoms with Gasteiger partial charge in [0, 0.05) is 17.2 Å². The van der Waals surface area contributed by atoms with Gasteiger partial charge in [-0.15, -0.1) is 0 Å². The summed E-state index contributed by atoms with van der Waals surface area (Å²) in [7, 11) is 0. The fourth-order valence-electron chi connectivity index (χ4n) is 2.70. The summed E-state index contributed by atoms with van der Waals surface area (Å²) in [5.41, 5.74) is 7.91. The highest BCUT2D eigenvalue weighted by molar-refractivity contribution is 5.96. The van der Waals surface area contributed by atoms with Crippen LogP contribution in [0.1, 0.15) is 47.7 Å². The Morgan fingerprint density at radius 3 is 2.90 bits per heavy atom. The van der Waals surface area contributed by atoms with Crippen LogP contribution in [-0.2, 0) is 0 Å². The molecule has 0 heterocycles. The number of amides is 1. The van der Waals surface area contributed by atoms with Crippen LogP contribution in [0.2, 0.25) is 0 Å². The van der Waals surface area contributed by atoms with Crippen LogP contribution in [0.4, 0.5) is 0 Å². The zero-order valence-corrected chi connectivity index (χ0v) is 12.2. The quantitative estimate of drug-likeness (QED) is 0.810. The van der Waals surface area contributed by atoms with E-state index < -0.39 is 0 Å². The third kappa shape index (κ3) is 3.40. The number of rotatable bonds is 2. The first kappa shape index (κ1) is 14.6. The van der Waals surface area contributed by atoms with E-state index in [2.05, 4.69) is 24.1 Å². The summed E-state index contributed by atoms with van der Waals surface area (Å²) < 4.78 is 0. The van der Waals surface area contributed by atoms with Crippen molar-refractivity contribution in [2.24, 2.45) is 11.7 Å². The molecule has 106 valence electrons. The van der Waals surface area contributed by atoms with Crippen LogP contribution in [0.3, 0.4) is 0 Å². The van der Waals surface area contributed by atoms with Gasteiger partial charge in [-0.1, -0.05) is 31.3 Å². The van der Waals surface area contributed by atoms with Gasteiger partial charge in [0.15, 0.2) is 0 Å². The maximum absolute atomic E-state index is 12.4. The zero-order valence-electron chi connectivity index (χ0n) is 12.2. The Hall–Kier alpha value is -1.79. The number of nitrogens with one attached hydrogen (secondary N) is 1. The molecule has 1 amide bonds. The van der Waals surface area contributed by atoms with Gasteiger partial charge in [-0.25, -0.2) is 0 Å². The molecule has 2 atom stereocenters. The van der Waals surface area contributed by atoms with Crippen molar-refractivity contribution in [1.29, 1.82) is 0 Å². The summed E-state index contributed by atoms with van der Waals surface area (Å²) in [6, 6.07) is 6.02. The van der Waals surface area contributed by atoms with E-state index in [0.717, 1.165) is 17.5 Å². The molecule has 20 heavy (non-hydrogen) atoms. The van der Waals surface area contributed by atoms with Gasteiger partial charge in [-0.3, -0.25) is 4.79 Å². The number of carbonyl (C=O) groups excluding carboxylic acids is 1. The van der Waals surface area contributed by atoms with Crippen LogP contribution in [-0.4, -0.2) is 18.5 Å². The summed E-state index contributed by atoms with van der Waals surface area (Å²) in [5, 5.41) is 3.16. The van der Waals surface area contributed by atoms with E-state index in [1.54, 1.807) is 0 Å². The molecule has 1 aliphatic carbocycles. The Morgan fingerprint density at radius 2 is 2.25 bits per heavy atom. The van der Waals surface area contributed by atoms with Crippen LogP contribution in [0, 0.1) is 24.7 Å². The van der Waals surface area contributed by atoms with Crippen molar-refractivity contribution in [2.75, 3.05) is 6.54 Å². The van der Waals surface area contributed by atoms with Crippen molar-refractivity contribution >= 4 is 5.91 Å². The average Bonchev–Trinajstić information content (AvgIpc) is 2.83. The van der Waals surface area contributed by atoms with Gasteiger partial charge in [0.25, 0.3) is 5.91 Å². The fourth-order valence-corrected chi connectivity index (χ4v) is 2.70. The highest BCUT2D eigenvalue weighted by atomic mass is 16.1. The Bertz CT molecular complexity index is 554. The number of benzene rings is 1. The minimum atomic E-state index is 0.0117. The van der Waals surface area contributed by atoms with Crippen molar-refractivity contribution in [3.05, 3.63) is 34.9 Å². The summed E-state index contributed by atoms with van der Waals surface area (Å²) >= 11 is 0. The number of aryl methyl sites for hydroxylation is 1. The molecule has 1 aromatic rings. The molecule has 0 radical (unpaired) electrons. The molecule has 1 saturated carbocycles. The monoisotopic (exact) mass is 270 g/mol. The predicted octanol–water partition coefficient (Wildman–Crippen LogP) is 2.22. The molecule has 3 nitrogen and oxygen atoms in total. The van der Waals surface area contributed by atoms with Crippen molar-refractivity contribution in [3.63, 3.8) is 0 Å². The summed E-state index contributed by atoms with van der Waals surface area (Å²) in [4.78, 5) is 12.4. The zero-order chi connectivity index (χ0) is 14.5. The number of nitrogens with two attached hydrogens (primary N) is 1. The first-order valence-electron chi connectivity index (χ1n) is 7.22. The molecule has 3 heteroatoms. The maximum Gasteiger partial charge on any atom is 0.251 e. The lowest BCUT2D eigenvalue weighted by Gasteiger charge is -2.18. The standard InChI is InChI=1S/C17H22N2O/c1-12-8-9-14(6-4-10-18)11-15(12)17(20)19-16-7-3-5-13(16)2/h8-9,11,13,16H,3,5,7,10,18H2,1-2H3,(H,19,20). The minimum Gasteiger partial charge on any atom is -0.349 e. The Kier molecular flexibility index (Phi) is 4.81. The van der Waals surface area contributed by atoms with Crippen molar-refractivity contribution in [1.82, 2.24) is 5.32 Å². The lowest BCUT2D eigenvalue weighted by molar-refractivity contribution is 0.0929.